The highest BCUT2D eigenvalue weighted by Crippen LogP contribution is 2.28. The molecule has 3 heteroatoms. The molecule has 0 saturated heterocycles. The Balaban J connectivity index is 2.11. The number of fused-ring (bicyclic) bond motifs is 1. The summed E-state index contributed by atoms with van der Waals surface area (Å²) in [4.78, 5) is 6.22. The molecule has 3 aromatic rings. The van der Waals surface area contributed by atoms with Crippen LogP contribution in [0, 0.1) is 13.8 Å². The van der Waals surface area contributed by atoms with Crippen molar-refractivity contribution in [1.29, 1.82) is 0 Å². The Kier molecular flexibility index (Phi) is 4.04. The molecule has 0 aliphatic carbocycles. The molecule has 2 nitrogen and oxygen atoms in total. The molecule has 0 spiro atoms. The second kappa shape index (κ2) is 5.96. The van der Waals surface area contributed by atoms with Crippen LogP contribution in [0.15, 0.2) is 41.8 Å². The number of pyridine rings is 1. The summed E-state index contributed by atoms with van der Waals surface area (Å²) in [6, 6.07) is 13.0. The molecular formula is C18H20N2S. The Morgan fingerprint density at radius 1 is 1.19 bits per heavy atom. The van der Waals surface area contributed by atoms with Crippen molar-refractivity contribution < 1.29 is 0 Å². The number of hydrogen-bond acceptors (Lipinski definition) is 3. The fourth-order valence-corrected chi connectivity index (χ4v) is 3.47. The molecule has 2 aromatic heterocycles. The maximum Gasteiger partial charge on any atom is 0.0759 e. The van der Waals surface area contributed by atoms with Gasteiger partial charge in [0.2, 0.25) is 0 Å². The minimum atomic E-state index is 0.170. The third-order valence-corrected chi connectivity index (χ3v) is 4.61. The van der Waals surface area contributed by atoms with Gasteiger partial charge < -0.3 is 5.32 Å². The largest absolute Gasteiger partial charge is 0.305 e. The molecule has 0 bridgehead atoms. The van der Waals surface area contributed by atoms with Crippen LogP contribution in [0.1, 0.15) is 34.7 Å². The van der Waals surface area contributed by atoms with Gasteiger partial charge in [0.1, 0.15) is 0 Å². The van der Waals surface area contributed by atoms with Crippen LogP contribution >= 0.6 is 11.3 Å². The van der Waals surface area contributed by atoms with Crippen LogP contribution in [0.2, 0.25) is 0 Å². The highest BCUT2D eigenvalue weighted by Gasteiger charge is 2.17. The van der Waals surface area contributed by atoms with E-state index in [1.165, 1.54) is 21.4 Å². The van der Waals surface area contributed by atoms with Crippen molar-refractivity contribution in [2.24, 2.45) is 0 Å². The SMILES string of the molecule is CCNC(c1csc(C)c1)c1cc(C)c2ccccc2n1. The van der Waals surface area contributed by atoms with Crippen LogP contribution in [0.25, 0.3) is 10.9 Å². The fourth-order valence-electron chi connectivity index (χ4n) is 2.74. The van der Waals surface area contributed by atoms with E-state index in [0.29, 0.717) is 0 Å². The summed E-state index contributed by atoms with van der Waals surface area (Å²) in [6.45, 7) is 7.37. The average Bonchev–Trinajstić information content (AvgIpc) is 2.91. The van der Waals surface area contributed by atoms with Crippen molar-refractivity contribution in [3.05, 3.63) is 63.5 Å². The number of nitrogens with zero attached hydrogens (tertiary/aromatic N) is 1. The van der Waals surface area contributed by atoms with Gasteiger partial charge >= 0.3 is 0 Å². The number of thiophene rings is 1. The standard InChI is InChI=1S/C18H20N2S/c1-4-19-18(14-10-13(3)21-11-14)17-9-12(2)15-7-5-6-8-16(15)20-17/h5-11,18-19H,4H2,1-3H3. The Morgan fingerprint density at radius 3 is 2.71 bits per heavy atom. The maximum atomic E-state index is 4.88. The molecule has 0 radical (unpaired) electrons. The van der Waals surface area contributed by atoms with E-state index in [1.807, 2.05) is 0 Å². The zero-order chi connectivity index (χ0) is 14.8. The molecule has 1 N–H and O–H groups in total. The lowest BCUT2D eigenvalue weighted by Gasteiger charge is -2.18. The molecule has 0 aliphatic rings. The van der Waals surface area contributed by atoms with Gasteiger partial charge in [0.15, 0.2) is 0 Å². The summed E-state index contributed by atoms with van der Waals surface area (Å²) in [5, 5.41) is 7.03. The van der Waals surface area contributed by atoms with Gasteiger partial charge in [-0.1, -0.05) is 25.1 Å². The summed E-state index contributed by atoms with van der Waals surface area (Å²) < 4.78 is 0. The molecule has 0 amide bonds. The van der Waals surface area contributed by atoms with E-state index >= 15 is 0 Å². The molecule has 0 aliphatic heterocycles. The first kappa shape index (κ1) is 14.2. The van der Waals surface area contributed by atoms with E-state index < -0.39 is 0 Å². The lowest BCUT2D eigenvalue weighted by molar-refractivity contribution is 0.618. The Hall–Kier alpha value is -1.71. The average molecular weight is 296 g/mol. The van der Waals surface area contributed by atoms with Crippen molar-refractivity contribution in [1.82, 2.24) is 10.3 Å². The Bertz CT molecular complexity index is 761. The van der Waals surface area contributed by atoms with Crippen LogP contribution in [-0.4, -0.2) is 11.5 Å². The Morgan fingerprint density at radius 2 is 2.00 bits per heavy atom. The molecule has 21 heavy (non-hydrogen) atoms. The van der Waals surface area contributed by atoms with E-state index in [2.05, 4.69) is 67.9 Å². The van der Waals surface area contributed by atoms with Crippen LogP contribution in [-0.2, 0) is 0 Å². The number of aromatic nitrogens is 1. The number of aryl methyl sites for hydroxylation is 2. The van der Waals surface area contributed by atoms with Gasteiger partial charge in [-0.05, 0) is 55.1 Å². The second-order valence-electron chi connectivity index (χ2n) is 5.36. The molecule has 3 rings (SSSR count). The predicted octanol–water partition coefficient (Wildman–Crippen LogP) is 4.61. The summed E-state index contributed by atoms with van der Waals surface area (Å²) in [5.74, 6) is 0. The minimum Gasteiger partial charge on any atom is -0.305 e. The molecule has 0 fully saturated rings. The zero-order valence-corrected chi connectivity index (χ0v) is 13.5. The maximum absolute atomic E-state index is 4.88. The lowest BCUT2D eigenvalue weighted by atomic mass is 10.0. The fraction of sp³-hybridized carbons (Fsp3) is 0.278. The van der Waals surface area contributed by atoms with Gasteiger partial charge in [0.25, 0.3) is 0 Å². The molecule has 0 saturated carbocycles. The van der Waals surface area contributed by atoms with Gasteiger partial charge in [-0.25, -0.2) is 0 Å². The van der Waals surface area contributed by atoms with Crippen molar-refractivity contribution >= 4 is 22.2 Å². The summed E-state index contributed by atoms with van der Waals surface area (Å²) in [6.07, 6.45) is 0. The van der Waals surface area contributed by atoms with E-state index in [9.17, 15) is 0 Å². The first-order valence-corrected chi connectivity index (χ1v) is 8.21. The van der Waals surface area contributed by atoms with Gasteiger partial charge in [0, 0.05) is 10.3 Å². The van der Waals surface area contributed by atoms with Gasteiger partial charge in [-0.2, -0.15) is 0 Å². The molecule has 2 heterocycles. The normalized spacial score (nSPS) is 12.7. The van der Waals surface area contributed by atoms with E-state index in [4.69, 9.17) is 4.98 Å². The quantitative estimate of drug-likeness (QED) is 0.760. The molecule has 1 atom stereocenters. The number of nitrogens with one attached hydrogen (secondary N) is 1. The Labute approximate surface area is 129 Å². The van der Waals surface area contributed by atoms with Crippen molar-refractivity contribution in [3.8, 4) is 0 Å². The van der Waals surface area contributed by atoms with Crippen LogP contribution in [0.5, 0.6) is 0 Å². The minimum absolute atomic E-state index is 0.170. The van der Waals surface area contributed by atoms with Gasteiger partial charge in [-0.15, -0.1) is 11.3 Å². The third-order valence-electron chi connectivity index (χ3n) is 3.73. The third kappa shape index (κ3) is 2.85. The van der Waals surface area contributed by atoms with Crippen molar-refractivity contribution in [3.63, 3.8) is 0 Å². The molecule has 1 unspecified atom stereocenters. The number of benzene rings is 1. The highest BCUT2D eigenvalue weighted by molar-refractivity contribution is 7.10. The molecule has 1 aromatic carbocycles. The zero-order valence-electron chi connectivity index (χ0n) is 12.7. The van der Waals surface area contributed by atoms with Gasteiger partial charge in [0.05, 0.1) is 17.3 Å². The topological polar surface area (TPSA) is 24.9 Å². The van der Waals surface area contributed by atoms with E-state index in [0.717, 1.165) is 17.8 Å². The van der Waals surface area contributed by atoms with E-state index in [1.54, 1.807) is 11.3 Å². The first-order valence-electron chi connectivity index (χ1n) is 7.33. The summed E-state index contributed by atoms with van der Waals surface area (Å²) in [5.41, 5.74) is 4.76. The first-order chi connectivity index (χ1) is 10.2. The number of para-hydroxylation sites is 1. The van der Waals surface area contributed by atoms with Crippen LogP contribution in [0.3, 0.4) is 0 Å². The molecular weight excluding hydrogens is 276 g/mol. The highest BCUT2D eigenvalue weighted by atomic mass is 32.1. The van der Waals surface area contributed by atoms with Gasteiger partial charge in [-0.3, -0.25) is 4.98 Å². The van der Waals surface area contributed by atoms with Crippen LogP contribution < -0.4 is 5.32 Å². The van der Waals surface area contributed by atoms with Crippen LogP contribution in [0.4, 0.5) is 0 Å². The predicted molar refractivity (Wildman–Crippen MR) is 91.1 cm³/mol. The van der Waals surface area contributed by atoms with Crippen molar-refractivity contribution in [2.45, 2.75) is 26.8 Å². The smallest absolute Gasteiger partial charge is 0.0759 e. The van der Waals surface area contributed by atoms with Crippen molar-refractivity contribution in [2.75, 3.05) is 6.54 Å². The summed E-state index contributed by atoms with van der Waals surface area (Å²) in [7, 11) is 0. The summed E-state index contributed by atoms with van der Waals surface area (Å²) >= 11 is 1.79. The second-order valence-corrected chi connectivity index (χ2v) is 6.48. The van der Waals surface area contributed by atoms with E-state index in [-0.39, 0.29) is 6.04 Å². The number of rotatable bonds is 4. The number of hydrogen-bond donors (Lipinski definition) is 1. The monoisotopic (exact) mass is 296 g/mol. The lowest BCUT2D eigenvalue weighted by Crippen LogP contribution is -2.22. The molecule has 108 valence electrons.